The van der Waals surface area contributed by atoms with Crippen molar-refractivity contribution in [3.05, 3.63) is 53.2 Å². The lowest BCUT2D eigenvalue weighted by molar-refractivity contribution is -0.140. The molecule has 2 N–H and O–H groups in total. The zero-order valence-electron chi connectivity index (χ0n) is 19.7. The molecule has 1 atom stereocenters. The molecule has 7 nitrogen and oxygen atoms in total. The Bertz CT molecular complexity index is 1150. The van der Waals surface area contributed by atoms with Crippen molar-refractivity contribution in [1.29, 1.82) is 0 Å². The Balaban J connectivity index is 1.37. The molecule has 0 saturated carbocycles. The first-order valence-corrected chi connectivity index (χ1v) is 12.0. The number of amides is 1. The summed E-state index contributed by atoms with van der Waals surface area (Å²) in [6, 6.07) is 12.9. The summed E-state index contributed by atoms with van der Waals surface area (Å²) >= 11 is 0. The first-order valence-electron chi connectivity index (χ1n) is 12.0. The number of aromatic nitrogens is 3. The van der Waals surface area contributed by atoms with E-state index in [4.69, 9.17) is 9.72 Å². The van der Waals surface area contributed by atoms with Gasteiger partial charge in [0, 0.05) is 44.0 Å². The van der Waals surface area contributed by atoms with E-state index in [0.717, 1.165) is 53.9 Å². The molecule has 2 aromatic heterocycles. The number of nitrogens with zero attached hydrogens (tertiary/aromatic N) is 3. The fraction of sp³-hybridized carbons (Fsp3) is 0.500. The number of aromatic amines is 1. The van der Waals surface area contributed by atoms with Crippen LogP contribution in [0.25, 0.3) is 11.0 Å². The van der Waals surface area contributed by atoms with Gasteiger partial charge in [-0.2, -0.15) is 5.10 Å². The fourth-order valence-electron chi connectivity index (χ4n) is 5.31. The first-order chi connectivity index (χ1) is 16.0. The summed E-state index contributed by atoms with van der Waals surface area (Å²) in [5.74, 6) is 1.31. The number of ether oxygens (including phenoxy) is 1. The van der Waals surface area contributed by atoms with E-state index in [9.17, 15) is 4.79 Å². The van der Waals surface area contributed by atoms with Crippen molar-refractivity contribution in [3.63, 3.8) is 0 Å². The van der Waals surface area contributed by atoms with Gasteiger partial charge in [0.05, 0.1) is 10.8 Å². The zero-order valence-corrected chi connectivity index (χ0v) is 19.7. The van der Waals surface area contributed by atoms with Crippen LogP contribution in [-0.4, -0.2) is 58.3 Å². The van der Waals surface area contributed by atoms with Crippen molar-refractivity contribution in [2.75, 3.05) is 31.6 Å². The van der Waals surface area contributed by atoms with E-state index in [2.05, 4.69) is 77.6 Å². The van der Waals surface area contributed by atoms with Crippen LogP contribution in [-0.2, 0) is 14.9 Å². The number of carbonyl (C=O) groups excluding carboxylic acids is 1. The molecular formula is C26H33N5O2. The number of carbonyl (C=O) groups is 1. The lowest BCUT2D eigenvalue weighted by atomic mass is 9.72. The Hall–Kier alpha value is -2.93. The summed E-state index contributed by atoms with van der Waals surface area (Å²) in [6.07, 6.45) is 2.40. The topological polar surface area (TPSA) is 83.1 Å². The highest BCUT2D eigenvalue weighted by atomic mass is 16.5. The van der Waals surface area contributed by atoms with Gasteiger partial charge in [0.1, 0.15) is 0 Å². The minimum absolute atomic E-state index is 0.234. The van der Waals surface area contributed by atoms with E-state index in [0.29, 0.717) is 25.8 Å². The number of hydrogen-bond donors (Lipinski definition) is 2. The second-order valence-electron chi connectivity index (χ2n) is 9.80. The molecule has 2 saturated heterocycles. The number of anilines is 1. The van der Waals surface area contributed by atoms with E-state index < -0.39 is 5.41 Å². The van der Waals surface area contributed by atoms with Crippen molar-refractivity contribution >= 4 is 22.8 Å². The van der Waals surface area contributed by atoms with Crippen molar-refractivity contribution in [3.8, 4) is 0 Å². The van der Waals surface area contributed by atoms with Crippen LogP contribution in [0.15, 0.2) is 36.4 Å². The fourth-order valence-corrected chi connectivity index (χ4v) is 5.31. The highest BCUT2D eigenvalue weighted by Gasteiger charge is 2.45. The van der Waals surface area contributed by atoms with Crippen molar-refractivity contribution in [2.24, 2.45) is 0 Å². The lowest BCUT2D eigenvalue weighted by Crippen LogP contribution is -2.49. The Labute approximate surface area is 194 Å². The molecule has 0 radical (unpaired) electrons. The summed E-state index contributed by atoms with van der Waals surface area (Å²) in [5, 5.41) is 11.8. The van der Waals surface area contributed by atoms with E-state index in [1.807, 2.05) is 0 Å². The SMILES string of the molecule is Cc1cccc(C2(C(=O)N3CCC(c4ccc5c(NC(C)C)n[nH]c5n4)C3)CCOCC2)c1. The maximum Gasteiger partial charge on any atom is 0.233 e. The van der Waals surface area contributed by atoms with E-state index in [-0.39, 0.29) is 11.8 Å². The number of rotatable bonds is 5. The normalized spacial score (nSPS) is 20.5. The summed E-state index contributed by atoms with van der Waals surface area (Å²) in [5.41, 5.74) is 3.64. The van der Waals surface area contributed by atoms with E-state index in [1.165, 1.54) is 5.56 Å². The third-order valence-corrected chi connectivity index (χ3v) is 7.09. The van der Waals surface area contributed by atoms with Gasteiger partial charge in [-0.15, -0.1) is 0 Å². The number of benzene rings is 1. The van der Waals surface area contributed by atoms with Crippen LogP contribution in [0.1, 0.15) is 55.8 Å². The summed E-state index contributed by atoms with van der Waals surface area (Å²) in [7, 11) is 0. The molecule has 1 unspecified atom stereocenters. The van der Waals surface area contributed by atoms with Gasteiger partial charge in [0.2, 0.25) is 5.91 Å². The highest BCUT2D eigenvalue weighted by Crippen LogP contribution is 2.39. The molecule has 2 aliphatic rings. The van der Waals surface area contributed by atoms with Crippen molar-refractivity contribution in [1.82, 2.24) is 20.1 Å². The van der Waals surface area contributed by atoms with Crippen LogP contribution >= 0.6 is 0 Å². The van der Waals surface area contributed by atoms with Crippen LogP contribution in [0.3, 0.4) is 0 Å². The molecular weight excluding hydrogens is 414 g/mol. The number of fused-ring (bicyclic) bond motifs is 1. The molecule has 0 bridgehead atoms. The molecule has 3 aromatic rings. The van der Waals surface area contributed by atoms with Crippen molar-refractivity contribution < 1.29 is 9.53 Å². The second-order valence-corrected chi connectivity index (χ2v) is 9.80. The third-order valence-electron chi connectivity index (χ3n) is 7.09. The van der Waals surface area contributed by atoms with Gasteiger partial charge in [-0.25, -0.2) is 4.98 Å². The van der Waals surface area contributed by atoms with Crippen LogP contribution in [0.5, 0.6) is 0 Å². The predicted octanol–water partition coefficient (Wildman–Crippen LogP) is 4.15. The van der Waals surface area contributed by atoms with Gasteiger partial charge in [-0.3, -0.25) is 9.89 Å². The molecule has 0 spiro atoms. The standard InChI is InChI=1S/C26H33N5O2/c1-17(2)27-23-21-7-8-22(28-24(21)30-29-23)19-9-12-31(16-19)25(32)26(10-13-33-14-11-26)20-6-4-5-18(3)15-20/h4-8,15,17,19H,9-14,16H2,1-3H3,(H2,27,28,29,30). The van der Waals surface area contributed by atoms with Gasteiger partial charge in [0.15, 0.2) is 11.5 Å². The van der Waals surface area contributed by atoms with Crippen LogP contribution in [0, 0.1) is 6.92 Å². The maximum absolute atomic E-state index is 14.0. The molecule has 0 aliphatic carbocycles. The third kappa shape index (κ3) is 4.10. The molecule has 2 fully saturated rings. The Kier molecular flexibility index (Phi) is 5.83. The van der Waals surface area contributed by atoms with Gasteiger partial charge in [-0.1, -0.05) is 29.8 Å². The number of nitrogens with one attached hydrogen (secondary N) is 2. The van der Waals surface area contributed by atoms with Gasteiger partial charge in [0.25, 0.3) is 0 Å². The van der Waals surface area contributed by atoms with Crippen LogP contribution < -0.4 is 5.32 Å². The monoisotopic (exact) mass is 447 g/mol. The maximum atomic E-state index is 14.0. The average molecular weight is 448 g/mol. The Morgan fingerprint density at radius 2 is 2.06 bits per heavy atom. The van der Waals surface area contributed by atoms with E-state index in [1.54, 1.807) is 0 Å². The quantitative estimate of drug-likeness (QED) is 0.614. The summed E-state index contributed by atoms with van der Waals surface area (Å²) in [4.78, 5) is 20.9. The Morgan fingerprint density at radius 1 is 1.24 bits per heavy atom. The minimum atomic E-state index is -0.489. The number of aryl methyl sites for hydroxylation is 1. The molecule has 5 rings (SSSR count). The number of hydrogen-bond acceptors (Lipinski definition) is 5. The smallest absolute Gasteiger partial charge is 0.233 e. The molecule has 2 aliphatic heterocycles. The van der Waals surface area contributed by atoms with Gasteiger partial charge < -0.3 is 15.0 Å². The number of H-pyrrole nitrogens is 1. The summed E-state index contributed by atoms with van der Waals surface area (Å²) < 4.78 is 5.65. The minimum Gasteiger partial charge on any atom is -0.381 e. The molecule has 1 aromatic carbocycles. The molecule has 7 heteroatoms. The van der Waals surface area contributed by atoms with E-state index >= 15 is 0 Å². The van der Waals surface area contributed by atoms with Crippen LogP contribution in [0.2, 0.25) is 0 Å². The molecule has 1 amide bonds. The summed E-state index contributed by atoms with van der Waals surface area (Å²) in [6.45, 7) is 9.00. The van der Waals surface area contributed by atoms with Gasteiger partial charge >= 0.3 is 0 Å². The lowest BCUT2D eigenvalue weighted by Gasteiger charge is -2.39. The molecule has 174 valence electrons. The number of pyridine rings is 1. The van der Waals surface area contributed by atoms with Crippen LogP contribution in [0.4, 0.5) is 5.82 Å². The molecule has 4 heterocycles. The Morgan fingerprint density at radius 3 is 2.82 bits per heavy atom. The largest absolute Gasteiger partial charge is 0.381 e. The second kappa shape index (κ2) is 8.78. The first kappa shape index (κ1) is 21.9. The van der Waals surface area contributed by atoms with Crippen molar-refractivity contribution in [2.45, 2.75) is 57.4 Å². The average Bonchev–Trinajstić information content (AvgIpc) is 3.46. The predicted molar refractivity (Wildman–Crippen MR) is 129 cm³/mol. The highest BCUT2D eigenvalue weighted by molar-refractivity contribution is 5.89. The van der Waals surface area contributed by atoms with Gasteiger partial charge in [-0.05, 0) is 57.7 Å². The zero-order chi connectivity index (χ0) is 23.0. The molecule has 33 heavy (non-hydrogen) atoms. The number of likely N-dealkylation sites (tertiary alicyclic amines) is 1.